The van der Waals surface area contributed by atoms with E-state index in [0.717, 1.165) is 5.69 Å². The maximum Gasteiger partial charge on any atom is 0.125 e. The zero-order chi connectivity index (χ0) is 14.4. The van der Waals surface area contributed by atoms with Crippen LogP contribution in [0.1, 0.15) is 5.56 Å². The summed E-state index contributed by atoms with van der Waals surface area (Å²) >= 11 is 0. The molecule has 20 heavy (non-hydrogen) atoms. The Bertz CT molecular complexity index is 622. The van der Waals surface area contributed by atoms with Gasteiger partial charge in [-0.25, -0.2) is 4.39 Å². The van der Waals surface area contributed by atoms with Crippen molar-refractivity contribution in [2.75, 3.05) is 25.1 Å². The molecule has 2 rings (SSSR count). The Labute approximate surface area is 117 Å². The lowest BCUT2D eigenvalue weighted by molar-refractivity contribution is 0.326. The van der Waals surface area contributed by atoms with E-state index in [2.05, 4.69) is 6.07 Å². The fraction of sp³-hybridized carbons (Fsp3) is 0.188. The van der Waals surface area contributed by atoms with Gasteiger partial charge < -0.3 is 9.64 Å². The number of nitriles is 1. The highest BCUT2D eigenvalue weighted by molar-refractivity contribution is 5.45. The summed E-state index contributed by atoms with van der Waals surface area (Å²) in [6.45, 7) is 1.09. The first-order chi connectivity index (χ1) is 9.69. The number of benzene rings is 2. The Morgan fingerprint density at radius 2 is 2.00 bits per heavy atom. The summed E-state index contributed by atoms with van der Waals surface area (Å²) in [6, 6.07) is 15.5. The van der Waals surface area contributed by atoms with Gasteiger partial charge in [0, 0.05) is 12.7 Å². The topological polar surface area (TPSA) is 36.3 Å². The first-order valence-corrected chi connectivity index (χ1v) is 6.29. The Kier molecular flexibility index (Phi) is 4.56. The molecule has 0 N–H and O–H groups in total. The molecule has 0 aliphatic rings. The van der Waals surface area contributed by atoms with Crippen molar-refractivity contribution >= 4 is 5.69 Å². The van der Waals surface area contributed by atoms with Crippen LogP contribution in [0.2, 0.25) is 0 Å². The molecule has 0 aliphatic carbocycles. The molecular weight excluding hydrogens is 255 g/mol. The number of rotatable bonds is 5. The first-order valence-electron chi connectivity index (χ1n) is 6.29. The lowest BCUT2D eigenvalue weighted by Crippen LogP contribution is -2.23. The summed E-state index contributed by atoms with van der Waals surface area (Å²) in [5, 5.41) is 8.80. The quantitative estimate of drug-likeness (QED) is 0.837. The summed E-state index contributed by atoms with van der Waals surface area (Å²) in [6.07, 6.45) is 0. The van der Waals surface area contributed by atoms with E-state index >= 15 is 0 Å². The molecule has 0 bridgehead atoms. The van der Waals surface area contributed by atoms with E-state index in [1.54, 1.807) is 24.3 Å². The molecule has 4 heteroatoms. The Hall–Kier alpha value is -2.54. The van der Waals surface area contributed by atoms with Crippen LogP contribution in [0.3, 0.4) is 0 Å². The van der Waals surface area contributed by atoms with Gasteiger partial charge in [0.1, 0.15) is 18.2 Å². The molecule has 0 saturated heterocycles. The third-order valence-electron chi connectivity index (χ3n) is 2.91. The van der Waals surface area contributed by atoms with Crippen LogP contribution in [-0.4, -0.2) is 20.2 Å². The number of likely N-dealkylation sites (N-methyl/N-ethyl adjacent to an activating group) is 1. The van der Waals surface area contributed by atoms with Crippen LogP contribution >= 0.6 is 0 Å². The average Bonchev–Trinajstić information content (AvgIpc) is 2.47. The summed E-state index contributed by atoms with van der Waals surface area (Å²) in [4.78, 5) is 1.91. The lowest BCUT2D eigenvalue weighted by atomic mass is 10.2. The summed E-state index contributed by atoms with van der Waals surface area (Å²) in [5.41, 5.74) is 1.38. The number of hydrogen-bond donors (Lipinski definition) is 0. The molecule has 0 aromatic heterocycles. The van der Waals surface area contributed by atoms with Crippen LogP contribution < -0.4 is 9.64 Å². The minimum absolute atomic E-state index is 0.253. The van der Waals surface area contributed by atoms with Crippen molar-refractivity contribution in [1.82, 2.24) is 0 Å². The maximum absolute atomic E-state index is 13.1. The monoisotopic (exact) mass is 270 g/mol. The molecule has 0 atom stereocenters. The van der Waals surface area contributed by atoms with Crippen LogP contribution in [0.5, 0.6) is 5.75 Å². The molecule has 102 valence electrons. The fourth-order valence-electron chi connectivity index (χ4n) is 1.80. The van der Waals surface area contributed by atoms with Crippen LogP contribution in [0.4, 0.5) is 10.1 Å². The number of nitrogens with zero attached hydrogens (tertiary/aromatic N) is 2. The highest BCUT2D eigenvalue weighted by Crippen LogP contribution is 2.15. The van der Waals surface area contributed by atoms with E-state index in [0.29, 0.717) is 24.5 Å². The van der Waals surface area contributed by atoms with Gasteiger partial charge in [0.25, 0.3) is 0 Å². The van der Waals surface area contributed by atoms with Gasteiger partial charge in [0.2, 0.25) is 0 Å². The molecular formula is C16H15FN2O. The van der Waals surface area contributed by atoms with Gasteiger partial charge >= 0.3 is 0 Å². The van der Waals surface area contributed by atoms with Gasteiger partial charge in [0.15, 0.2) is 0 Å². The van der Waals surface area contributed by atoms with Crippen molar-refractivity contribution in [3.8, 4) is 11.8 Å². The average molecular weight is 270 g/mol. The number of anilines is 1. The van der Waals surface area contributed by atoms with Gasteiger partial charge in [-0.3, -0.25) is 0 Å². The first kappa shape index (κ1) is 13.9. The van der Waals surface area contributed by atoms with Gasteiger partial charge in [-0.2, -0.15) is 5.26 Å². The van der Waals surface area contributed by atoms with Crippen molar-refractivity contribution in [2.45, 2.75) is 0 Å². The summed E-state index contributed by atoms with van der Waals surface area (Å²) in [5.74, 6) is 0.411. The SMILES string of the molecule is CN(CCOc1cccc(C#N)c1)c1cccc(F)c1. The van der Waals surface area contributed by atoms with E-state index in [-0.39, 0.29) is 5.82 Å². The van der Waals surface area contributed by atoms with Crippen LogP contribution in [0.25, 0.3) is 0 Å². The number of ether oxygens (including phenoxy) is 1. The number of halogens is 1. The molecule has 0 heterocycles. The summed E-state index contributed by atoms with van der Waals surface area (Å²) < 4.78 is 18.7. The zero-order valence-electron chi connectivity index (χ0n) is 11.2. The zero-order valence-corrected chi connectivity index (χ0v) is 11.2. The largest absolute Gasteiger partial charge is 0.492 e. The minimum Gasteiger partial charge on any atom is -0.492 e. The highest BCUT2D eigenvalue weighted by Gasteiger charge is 2.02. The minimum atomic E-state index is -0.253. The Balaban J connectivity index is 1.88. The van der Waals surface area contributed by atoms with Crippen LogP contribution in [-0.2, 0) is 0 Å². The normalized spacial score (nSPS) is 9.85. The molecule has 3 nitrogen and oxygen atoms in total. The van der Waals surface area contributed by atoms with Crippen molar-refractivity contribution in [3.63, 3.8) is 0 Å². The van der Waals surface area contributed by atoms with Gasteiger partial charge in [-0.05, 0) is 36.4 Å². The second kappa shape index (κ2) is 6.58. The van der Waals surface area contributed by atoms with Gasteiger partial charge in [-0.15, -0.1) is 0 Å². The van der Waals surface area contributed by atoms with E-state index < -0.39 is 0 Å². The van der Waals surface area contributed by atoms with Gasteiger partial charge in [-0.1, -0.05) is 12.1 Å². The Morgan fingerprint density at radius 1 is 1.20 bits per heavy atom. The molecule has 2 aromatic carbocycles. The molecule has 0 unspecified atom stereocenters. The van der Waals surface area contributed by atoms with E-state index in [1.807, 2.05) is 24.1 Å². The second-order valence-corrected chi connectivity index (χ2v) is 4.39. The lowest BCUT2D eigenvalue weighted by Gasteiger charge is -2.19. The van der Waals surface area contributed by atoms with Crippen molar-refractivity contribution < 1.29 is 9.13 Å². The third kappa shape index (κ3) is 3.72. The number of hydrogen-bond acceptors (Lipinski definition) is 3. The predicted octanol–water partition coefficient (Wildman–Crippen LogP) is 3.21. The van der Waals surface area contributed by atoms with E-state index in [4.69, 9.17) is 10.00 Å². The highest BCUT2D eigenvalue weighted by atomic mass is 19.1. The standard InChI is InChI=1S/C16H15FN2O/c1-19(15-6-3-5-14(17)11-15)8-9-20-16-7-2-4-13(10-16)12-18/h2-7,10-11H,8-9H2,1H3. The predicted molar refractivity (Wildman–Crippen MR) is 76.3 cm³/mol. The van der Waals surface area contributed by atoms with E-state index in [1.165, 1.54) is 12.1 Å². The smallest absolute Gasteiger partial charge is 0.125 e. The molecule has 0 saturated carbocycles. The van der Waals surface area contributed by atoms with Crippen LogP contribution in [0.15, 0.2) is 48.5 Å². The van der Waals surface area contributed by atoms with Crippen molar-refractivity contribution in [1.29, 1.82) is 5.26 Å². The van der Waals surface area contributed by atoms with E-state index in [9.17, 15) is 4.39 Å². The molecule has 0 spiro atoms. The molecule has 0 radical (unpaired) electrons. The molecule has 2 aromatic rings. The van der Waals surface area contributed by atoms with Crippen molar-refractivity contribution in [2.24, 2.45) is 0 Å². The van der Waals surface area contributed by atoms with Crippen molar-refractivity contribution in [3.05, 3.63) is 59.9 Å². The summed E-state index contributed by atoms with van der Waals surface area (Å²) in [7, 11) is 1.88. The maximum atomic E-state index is 13.1. The fourth-order valence-corrected chi connectivity index (χ4v) is 1.80. The second-order valence-electron chi connectivity index (χ2n) is 4.39. The van der Waals surface area contributed by atoms with Gasteiger partial charge in [0.05, 0.1) is 18.2 Å². The molecule has 0 fully saturated rings. The Morgan fingerprint density at radius 3 is 2.75 bits per heavy atom. The molecule has 0 amide bonds. The third-order valence-corrected chi connectivity index (χ3v) is 2.91. The van der Waals surface area contributed by atoms with Crippen LogP contribution in [0, 0.1) is 17.1 Å². The molecule has 0 aliphatic heterocycles.